The molecule has 0 unspecified atom stereocenters. The highest BCUT2D eigenvalue weighted by Crippen LogP contribution is 2.31. The number of amides is 2. The van der Waals surface area contributed by atoms with E-state index >= 15 is 0 Å². The molecule has 0 atom stereocenters. The Hall–Kier alpha value is -3.71. The van der Waals surface area contributed by atoms with Gasteiger partial charge < -0.3 is 4.18 Å². The highest BCUT2D eigenvalue weighted by atomic mass is 32.2. The highest BCUT2D eigenvalue weighted by Gasteiger charge is 2.28. The van der Waals surface area contributed by atoms with Gasteiger partial charge in [-0.25, -0.2) is 0 Å². The van der Waals surface area contributed by atoms with Gasteiger partial charge in [-0.2, -0.15) is 8.42 Å². The summed E-state index contributed by atoms with van der Waals surface area (Å²) in [6, 6.07) is 20.0. The summed E-state index contributed by atoms with van der Waals surface area (Å²) in [5, 5.41) is 4.95. The van der Waals surface area contributed by atoms with Crippen molar-refractivity contribution in [1.29, 1.82) is 0 Å². The van der Waals surface area contributed by atoms with E-state index in [2.05, 4.69) is 5.32 Å². The Labute approximate surface area is 165 Å². The van der Waals surface area contributed by atoms with Crippen molar-refractivity contribution < 1.29 is 22.2 Å². The average molecular weight is 403 g/mol. The van der Waals surface area contributed by atoms with Gasteiger partial charge in [0, 0.05) is 16.5 Å². The summed E-state index contributed by atoms with van der Waals surface area (Å²) in [5.41, 5.74) is 0.454. The molecule has 0 aliphatic carbocycles. The first kappa shape index (κ1) is 17.4. The molecule has 0 bridgehead atoms. The first-order chi connectivity index (χ1) is 13.9. The van der Waals surface area contributed by atoms with Crippen LogP contribution < -0.4 is 9.50 Å². The number of carbonyl (C=O) groups is 2. The Morgan fingerprint density at radius 1 is 0.690 bits per heavy atom. The maximum absolute atomic E-state index is 12.9. The summed E-state index contributed by atoms with van der Waals surface area (Å²) in [5.74, 6) is -0.969. The van der Waals surface area contributed by atoms with Gasteiger partial charge in [0.1, 0.15) is 10.6 Å². The van der Waals surface area contributed by atoms with Crippen molar-refractivity contribution in [2.75, 3.05) is 0 Å². The lowest BCUT2D eigenvalue weighted by molar-refractivity contribution is 0.0845. The van der Waals surface area contributed by atoms with Crippen LogP contribution >= 0.6 is 0 Å². The normalized spacial score (nSPS) is 13.5. The third-order valence-corrected chi connectivity index (χ3v) is 6.11. The number of carbonyl (C=O) groups excluding carboxylic acids is 2. The van der Waals surface area contributed by atoms with E-state index in [1.807, 2.05) is 24.3 Å². The van der Waals surface area contributed by atoms with Crippen LogP contribution in [0, 0.1) is 0 Å². The fourth-order valence-corrected chi connectivity index (χ4v) is 4.53. The number of benzene rings is 4. The van der Waals surface area contributed by atoms with Crippen LogP contribution in [-0.4, -0.2) is 20.2 Å². The minimum absolute atomic E-state index is 0.124. The van der Waals surface area contributed by atoms with Gasteiger partial charge in [0.05, 0.1) is 0 Å². The molecule has 1 heterocycles. The molecule has 4 aromatic rings. The van der Waals surface area contributed by atoms with Gasteiger partial charge in [-0.3, -0.25) is 14.9 Å². The van der Waals surface area contributed by atoms with Crippen molar-refractivity contribution in [1.82, 2.24) is 5.32 Å². The molecular formula is C22H13NO5S. The van der Waals surface area contributed by atoms with Crippen LogP contribution in [0.25, 0.3) is 21.5 Å². The summed E-state index contributed by atoms with van der Waals surface area (Å²) in [6.07, 6.45) is 0. The highest BCUT2D eigenvalue weighted by molar-refractivity contribution is 7.87. The predicted octanol–water partition coefficient (Wildman–Crippen LogP) is 3.64. The monoisotopic (exact) mass is 403 g/mol. The smallest absolute Gasteiger partial charge is 0.339 e. The maximum Gasteiger partial charge on any atom is 0.339 e. The lowest BCUT2D eigenvalue weighted by Gasteiger charge is -2.18. The van der Waals surface area contributed by atoms with Crippen LogP contribution in [0.4, 0.5) is 0 Å². The van der Waals surface area contributed by atoms with Gasteiger partial charge in [0.15, 0.2) is 0 Å². The SMILES string of the molecule is O=C1NC(=O)c2cc(S(=O)(=O)Oc3ccc4ccccc4c3)cc3cccc1c23. The Morgan fingerprint density at radius 2 is 1.41 bits per heavy atom. The molecule has 0 aromatic heterocycles. The minimum Gasteiger partial charge on any atom is -0.379 e. The lowest BCUT2D eigenvalue weighted by Crippen LogP contribution is -2.34. The summed E-state index contributed by atoms with van der Waals surface area (Å²) in [6.45, 7) is 0. The van der Waals surface area contributed by atoms with Crippen molar-refractivity contribution >= 4 is 43.5 Å². The zero-order valence-electron chi connectivity index (χ0n) is 14.9. The molecule has 0 saturated carbocycles. The Morgan fingerprint density at radius 3 is 2.24 bits per heavy atom. The van der Waals surface area contributed by atoms with Crippen molar-refractivity contribution in [3.05, 3.63) is 83.9 Å². The number of hydrogen-bond donors (Lipinski definition) is 1. The van der Waals surface area contributed by atoms with Crippen LogP contribution in [0.3, 0.4) is 0 Å². The topological polar surface area (TPSA) is 89.5 Å². The van der Waals surface area contributed by atoms with E-state index in [1.165, 1.54) is 12.1 Å². The van der Waals surface area contributed by atoms with Gasteiger partial charge in [-0.05, 0) is 46.5 Å². The molecule has 1 aliphatic heterocycles. The van der Waals surface area contributed by atoms with Crippen molar-refractivity contribution in [3.8, 4) is 5.75 Å². The number of rotatable bonds is 3. The molecule has 142 valence electrons. The van der Waals surface area contributed by atoms with Gasteiger partial charge in [-0.1, -0.05) is 42.5 Å². The molecule has 1 aliphatic rings. The average Bonchev–Trinajstić information content (AvgIpc) is 2.71. The van der Waals surface area contributed by atoms with E-state index in [0.717, 1.165) is 10.8 Å². The summed E-state index contributed by atoms with van der Waals surface area (Å²) in [7, 11) is -4.20. The van der Waals surface area contributed by atoms with Crippen molar-refractivity contribution in [2.24, 2.45) is 0 Å². The largest absolute Gasteiger partial charge is 0.379 e. The Balaban J connectivity index is 1.62. The molecule has 0 saturated heterocycles. The summed E-state index contributed by atoms with van der Waals surface area (Å²) in [4.78, 5) is 24.2. The molecule has 2 amide bonds. The standard InChI is InChI=1S/C22H13NO5S/c24-21-18-7-3-6-15-11-17(12-19(20(15)18)22(25)23-21)29(26,27)28-16-9-8-13-4-1-2-5-14(13)10-16/h1-12H,(H,23,24,25). The second-order valence-electron chi connectivity index (χ2n) is 6.70. The first-order valence-electron chi connectivity index (χ1n) is 8.78. The van der Waals surface area contributed by atoms with E-state index in [-0.39, 0.29) is 16.2 Å². The number of nitrogens with one attached hydrogen (secondary N) is 1. The van der Waals surface area contributed by atoms with Gasteiger partial charge in [0.2, 0.25) is 0 Å². The Kier molecular flexibility index (Phi) is 3.69. The molecule has 4 aromatic carbocycles. The fraction of sp³-hybridized carbons (Fsp3) is 0. The van der Waals surface area contributed by atoms with E-state index in [4.69, 9.17) is 4.18 Å². The summed E-state index contributed by atoms with van der Waals surface area (Å²) >= 11 is 0. The maximum atomic E-state index is 12.9. The van der Waals surface area contributed by atoms with Crippen LogP contribution in [0.5, 0.6) is 5.75 Å². The van der Waals surface area contributed by atoms with Gasteiger partial charge >= 0.3 is 10.1 Å². The van der Waals surface area contributed by atoms with E-state index in [0.29, 0.717) is 16.3 Å². The molecule has 1 N–H and O–H groups in total. The molecule has 29 heavy (non-hydrogen) atoms. The van der Waals surface area contributed by atoms with E-state index in [9.17, 15) is 18.0 Å². The zero-order chi connectivity index (χ0) is 20.2. The minimum atomic E-state index is -4.20. The van der Waals surface area contributed by atoms with Crippen LogP contribution in [0.1, 0.15) is 20.7 Å². The third kappa shape index (κ3) is 2.83. The number of fused-ring (bicyclic) bond motifs is 1. The van der Waals surface area contributed by atoms with Crippen LogP contribution in [0.2, 0.25) is 0 Å². The molecule has 5 rings (SSSR count). The quantitative estimate of drug-likeness (QED) is 0.417. The Bertz CT molecular complexity index is 1460. The molecule has 0 spiro atoms. The predicted molar refractivity (Wildman–Crippen MR) is 108 cm³/mol. The van der Waals surface area contributed by atoms with E-state index in [1.54, 1.807) is 36.4 Å². The first-order valence-corrected chi connectivity index (χ1v) is 10.2. The van der Waals surface area contributed by atoms with Gasteiger partial charge in [-0.15, -0.1) is 0 Å². The number of hydrogen-bond acceptors (Lipinski definition) is 5. The van der Waals surface area contributed by atoms with Crippen LogP contribution in [-0.2, 0) is 10.1 Å². The molecule has 0 fully saturated rings. The van der Waals surface area contributed by atoms with Crippen molar-refractivity contribution in [3.63, 3.8) is 0 Å². The number of imide groups is 1. The molecule has 0 radical (unpaired) electrons. The lowest BCUT2D eigenvalue weighted by atomic mass is 9.95. The van der Waals surface area contributed by atoms with Gasteiger partial charge in [0.25, 0.3) is 11.8 Å². The van der Waals surface area contributed by atoms with Crippen LogP contribution in [0.15, 0.2) is 77.7 Å². The molecule has 7 heteroatoms. The molecule has 6 nitrogen and oxygen atoms in total. The third-order valence-electron chi connectivity index (χ3n) is 4.88. The van der Waals surface area contributed by atoms with Crippen molar-refractivity contribution in [2.45, 2.75) is 4.90 Å². The molecular weight excluding hydrogens is 390 g/mol. The summed E-state index contributed by atoms with van der Waals surface area (Å²) < 4.78 is 31.1. The second kappa shape index (κ2) is 6.15. The second-order valence-corrected chi connectivity index (χ2v) is 8.25. The fourth-order valence-electron chi connectivity index (χ4n) is 3.54. The van der Waals surface area contributed by atoms with E-state index < -0.39 is 21.9 Å². The zero-order valence-corrected chi connectivity index (χ0v) is 15.7.